The molecule has 1 aliphatic carbocycles. The van der Waals surface area contributed by atoms with Crippen LogP contribution >= 0.6 is 0 Å². The molecule has 2 heterocycles. The largest absolute Gasteiger partial charge is 0.490 e. The fourth-order valence-corrected chi connectivity index (χ4v) is 5.30. The minimum absolute atomic E-state index is 0.0131. The third-order valence-corrected chi connectivity index (χ3v) is 7.43. The lowest BCUT2D eigenvalue weighted by molar-refractivity contribution is -0.139. The Kier molecular flexibility index (Phi) is 8.34. The summed E-state index contributed by atoms with van der Waals surface area (Å²) >= 11 is 0. The summed E-state index contributed by atoms with van der Waals surface area (Å²) in [6.07, 6.45) is 4.06. The van der Waals surface area contributed by atoms with Crippen LogP contribution in [0.3, 0.4) is 0 Å². The number of allylic oxidation sites excluding steroid dienone is 1. The molecule has 2 saturated heterocycles. The standard InChI is InChI=1S/C28H40N4O4/c1-18-8-9-23(14-19(18)2)36-22-10-12-31(13-11-22)26(33)15-30-25-7-5-6-24(25)27(29)28(34)32-16-20(3)35-21(4)17-32/h8-9,14,20-22H,5-7,10-13,15-17,29H2,1-4H3/b27-24-,30-25?/t20-,21+. The van der Waals surface area contributed by atoms with E-state index < -0.39 is 0 Å². The molecule has 2 atom stereocenters. The maximum Gasteiger partial charge on any atom is 0.270 e. The van der Waals surface area contributed by atoms with Crippen molar-refractivity contribution in [2.24, 2.45) is 10.7 Å². The molecule has 1 aromatic rings. The lowest BCUT2D eigenvalue weighted by Crippen LogP contribution is -2.49. The number of nitrogens with two attached hydrogens (primary N) is 1. The van der Waals surface area contributed by atoms with E-state index in [1.54, 1.807) is 4.90 Å². The third kappa shape index (κ3) is 6.27. The van der Waals surface area contributed by atoms with Crippen molar-refractivity contribution in [3.63, 3.8) is 0 Å². The molecular weight excluding hydrogens is 456 g/mol. The van der Waals surface area contributed by atoms with Crippen LogP contribution in [-0.2, 0) is 14.3 Å². The number of aliphatic imine (C=N–C) groups is 1. The van der Waals surface area contributed by atoms with Crippen LogP contribution in [0.25, 0.3) is 0 Å². The molecule has 0 radical (unpaired) electrons. The van der Waals surface area contributed by atoms with Gasteiger partial charge in [0, 0.05) is 50.3 Å². The number of rotatable bonds is 5. The van der Waals surface area contributed by atoms with E-state index in [-0.39, 0.29) is 42.4 Å². The summed E-state index contributed by atoms with van der Waals surface area (Å²) in [5, 5.41) is 0. The Labute approximate surface area is 214 Å². The number of ether oxygens (including phenoxy) is 2. The van der Waals surface area contributed by atoms with Gasteiger partial charge in [-0.3, -0.25) is 14.6 Å². The van der Waals surface area contributed by atoms with Crippen molar-refractivity contribution in [2.45, 2.75) is 78.1 Å². The smallest absolute Gasteiger partial charge is 0.270 e. The highest BCUT2D eigenvalue weighted by atomic mass is 16.5. The predicted molar refractivity (Wildman–Crippen MR) is 140 cm³/mol. The minimum atomic E-state index is -0.154. The van der Waals surface area contributed by atoms with Crippen LogP contribution in [0.15, 0.2) is 34.5 Å². The number of morpholine rings is 1. The number of amides is 2. The predicted octanol–water partition coefficient (Wildman–Crippen LogP) is 3.15. The van der Waals surface area contributed by atoms with E-state index in [2.05, 4.69) is 31.0 Å². The third-order valence-electron chi connectivity index (χ3n) is 7.43. The summed E-state index contributed by atoms with van der Waals surface area (Å²) in [6.45, 7) is 10.6. The SMILES string of the molecule is Cc1ccc(OC2CCN(C(=O)CN=C3CCC/C3=C(/N)C(=O)N3C[C@@H](C)O[C@@H](C)C3)CC2)cc1C. The Morgan fingerprint density at radius 2 is 1.75 bits per heavy atom. The molecule has 3 fully saturated rings. The molecular formula is C28H40N4O4. The Morgan fingerprint density at radius 1 is 1.06 bits per heavy atom. The van der Waals surface area contributed by atoms with Crippen LogP contribution < -0.4 is 10.5 Å². The average Bonchev–Trinajstić information content (AvgIpc) is 3.32. The number of piperidine rings is 1. The number of nitrogens with zero attached hydrogens (tertiary/aromatic N) is 3. The quantitative estimate of drug-likeness (QED) is 0.632. The van der Waals surface area contributed by atoms with E-state index in [9.17, 15) is 9.59 Å². The van der Waals surface area contributed by atoms with E-state index >= 15 is 0 Å². The average molecular weight is 497 g/mol. The highest BCUT2D eigenvalue weighted by Gasteiger charge is 2.30. The molecule has 2 aliphatic heterocycles. The molecule has 2 amide bonds. The highest BCUT2D eigenvalue weighted by molar-refractivity contribution is 6.09. The molecule has 0 unspecified atom stereocenters. The number of hydrogen-bond acceptors (Lipinski definition) is 6. The van der Waals surface area contributed by atoms with Crippen molar-refractivity contribution >= 4 is 17.5 Å². The Hall–Kier alpha value is -2.87. The van der Waals surface area contributed by atoms with Crippen LogP contribution in [0.2, 0.25) is 0 Å². The zero-order chi connectivity index (χ0) is 25.8. The number of carbonyl (C=O) groups excluding carboxylic acids is 2. The molecule has 3 aliphatic rings. The molecule has 1 saturated carbocycles. The van der Waals surface area contributed by atoms with Crippen molar-refractivity contribution in [3.05, 3.63) is 40.6 Å². The first-order valence-electron chi connectivity index (χ1n) is 13.2. The number of benzene rings is 1. The van der Waals surface area contributed by atoms with Crippen molar-refractivity contribution in [1.82, 2.24) is 9.80 Å². The van der Waals surface area contributed by atoms with E-state index in [0.717, 1.165) is 49.1 Å². The van der Waals surface area contributed by atoms with Gasteiger partial charge in [0.05, 0.1) is 12.2 Å². The van der Waals surface area contributed by atoms with Crippen LogP contribution in [-0.4, -0.2) is 78.4 Å². The van der Waals surface area contributed by atoms with Crippen molar-refractivity contribution in [2.75, 3.05) is 32.7 Å². The van der Waals surface area contributed by atoms with Crippen molar-refractivity contribution < 1.29 is 19.1 Å². The minimum Gasteiger partial charge on any atom is -0.490 e. The Balaban J connectivity index is 1.31. The topological polar surface area (TPSA) is 97.5 Å². The van der Waals surface area contributed by atoms with Crippen LogP contribution in [0.1, 0.15) is 57.1 Å². The van der Waals surface area contributed by atoms with Gasteiger partial charge in [0.25, 0.3) is 5.91 Å². The first kappa shape index (κ1) is 26.2. The maximum absolute atomic E-state index is 13.0. The van der Waals surface area contributed by atoms with E-state index in [1.807, 2.05) is 24.8 Å². The lowest BCUT2D eigenvalue weighted by Gasteiger charge is -2.35. The second-order valence-corrected chi connectivity index (χ2v) is 10.4. The van der Waals surface area contributed by atoms with Gasteiger partial charge >= 0.3 is 0 Å². The zero-order valence-electron chi connectivity index (χ0n) is 22.1. The molecule has 196 valence electrons. The fraction of sp³-hybridized carbons (Fsp3) is 0.607. The van der Waals surface area contributed by atoms with Gasteiger partial charge in [0.2, 0.25) is 5.91 Å². The van der Waals surface area contributed by atoms with Gasteiger partial charge in [-0.1, -0.05) is 6.07 Å². The van der Waals surface area contributed by atoms with Gasteiger partial charge in [-0.05, 0) is 70.2 Å². The van der Waals surface area contributed by atoms with Crippen molar-refractivity contribution in [1.29, 1.82) is 0 Å². The lowest BCUT2D eigenvalue weighted by atomic mass is 10.1. The molecule has 8 heteroatoms. The summed E-state index contributed by atoms with van der Waals surface area (Å²) in [4.78, 5) is 34.2. The Bertz CT molecular complexity index is 1030. The molecule has 36 heavy (non-hydrogen) atoms. The van der Waals surface area contributed by atoms with Gasteiger partial charge in [-0.25, -0.2) is 0 Å². The number of hydrogen-bond donors (Lipinski definition) is 1. The molecule has 4 rings (SSSR count). The second kappa shape index (κ2) is 11.5. The van der Waals surface area contributed by atoms with E-state index in [0.29, 0.717) is 26.2 Å². The first-order chi connectivity index (χ1) is 17.2. The normalized spacial score (nSPS) is 25.8. The maximum atomic E-state index is 13.0. The molecule has 0 aromatic heterocycles. The molecule has 0 spiro atoms. The second-order valence-electron chi connectivity index (χ2n) is 10.4. The summed E-state index contributed by atoms with van der Waals surface area (Å²) in [6, 6.07) is 6.17. The monoisotopic (exact) mass is 496 g/mol. The molecule has 0 bridgehead atoms. The summed E-state index contributed by atoms with van der Waals surface area (Å²) in [7, 11) is 0. The molecule has 1 aromatic carbocycles. The molecule has 8 nitrogen and oxygen atoms in total. The van der Waals surface area contributed by atoms with Gasteiger partial charge < -0.3 is 25.0 Å². The van der Waals surface area contributed by atoms with E-state index in [4.69, 9.17) is 15.2 Å². The van der Waals surface area contributed by atoms with E-state index in [1.165, 1.54) is 11.1 Å². The number of carbonyl (C=O) groups is 2. The summed E-state index contributed by atoms with van der Waals surface area (Å²) in [5.41, 5.74) is 10.7. The van der Waals surface area contributed by atoms with Crippen molar-refractivity contribution in [3.8, 4) is 5.75 Å². The summed E-state index contributed by atoms with van der Waals surface area (Å²) in [5.74, 6) is 0.751. The number of aryl methyl sites for hydroxylation is 2. The zero-order valence-corrected chi connectivity index (χ0v) is 22.1. The highest BCUT2D eigenvalue weighted by Crippen LogP contribution is 2.26. The van der Waals surface area contributed by atoms with Gasteiger partial charge in [0.15, 0.2) is 0 Å². The number of likely N-dealkylation sites (tertiary alicyclic amines) is 1. The molecule has 2 N–H and O–H groups in total. The van der Waals surface area contributed by atoms with Gasteiger partial charge in [-0.2, -0.15) is 0 Å². The Morgan fingerprint density at radius 3 is 2.42 bits per heavy atom. The van der Waals surface area contributed by atoms with Gasteiger partial charge in [0.1, 0.15) is 24.1 Å². The first-order valence-corrected chi connectivity index (χ1v) is 13.2. The summed E-state index contributed by atoms with van der Waals surface area (Å²) < 4.78 is 11.9. The van der Waals surface area contributed by atoms with Crippen LogP contribution in [0.5, 0.6) is 5.75 Å². The fourth-order valence-electron chi connectivity index (χ4n) is 5.30. The van der Waals surface area contributed by atoms with Gasteiger partial charge in [-0.15, -0.1) is 0 Å². The van der Waals surface area contributed by atoms with Crippen LogP contribution in [0.4, 0.5) is 0 Å². The van der Waals surface area contributed by atoms with Crippen LogP contribution in [0, 0.1) is 13.8 Å².